The fourth-order valence-electron chi connectivity index (χ4n) is 1.22. The SMILES string of the molecule is CCS(=O)(=O)CC(=O)c1ccc(OC)c(F)c1. The summed E-state index contributed by atoms with van der Waals surface area (Å²) in [6.45, 7) is 1.46. The van der Waals surface area contributed by atoms with Gasteiger partial charge in [0.05, 0.1) is 7.11 Å². The normalized spacial score (nSPS) is 11.2. The summed E-state index contributed by atoms with van der Waals surface area (Å²) < 4.78 is 40.5. The Morgan fingerprint density at radius 3 is 2.53 bits per heavy atom. The zero-order chi connectivity index (χ0) is 13.1. The summed E-state index contributed by atoms with van der Waals surface area (Å²) in [7, 11) is -2.09. The van der Waals surface area contributed by atoms with Crippen LogP contribution in [0.2, 0.25) is 0 Å². The number of benzene rings is 1. The molecule has 94 valence electrons. The maximum absolute atomic E-state index is 13.3. The molecule has 0 saturated carbocycles. The molecule has 1 rings (SSSR count). The number of carbonyl (C=O) groups excluding carboxylic acids is 1. The zero-order valence-corrected chi connectivity index (χ0v) is 10.4. The summed E-state index contributed by atoms with van der Waals surface area (Å²) in [5.41, 5.74) is 0.0281. The van der Waals surface area contributed by atoms with Crippen molar-refractivity contribution in [3.05, 3.63) is 29.6 Å². The number of hydrogen-bond donors (Lipinski definition) is 0. The van der Waals surface area contributed by atoms with Crippen molar-refractivity contribution >= 4 is 15.6 Å². The van der Waals surface area contributed by atoms with Gasteiger partial charge in [0.25, 0.3) is 0 Å². The molecule has 17 heavy (non-hydrogen) atoms. The summed E-state index contributed by atoms with van der Waals surface area (Å²) in [6, 6.07) is 3.61. The lowest BCUT2D eigenvalue weighted by Crippen LogP contribution is -2.17. The van der Waals surface area contributed by atoms with Crippen LogP contribution in [0.4, 0.5) is 4.39 Å². The van der Waals surface area contributed by atoms with Crippen LogP contribution in [0.1, 0.15) is 17.3 Å². The molecule has 6 heteroatoms. The molecule has 0 aliphatic rings. The third kappa shape index (κ3) is 3.52. The lowest BCUT2D eigenvalue weighted by Gasteiger charge is -2.04. The molecule has 0 aliphatic heterocycles. The van der Waals surface area contributed by atoms with E-state index in [0.29, 0.717) is 0 Å². The Bertz CT molecular complexity index is 522. The quantitative estimate of drug-likeness (QED) is 0.752. The molecule has 0 heterocycles. The van der Waals surface area contributed by atoms with Crippen LogP contribution in [-0.2, 0) is 9.84 Å². The summed E-state index contributed by atoms with van der Waals surface area (Å²) in [5, 5.41) is 0. The largest absolute Gasteiger partial charge is 0.494 e. The third-order valence-electron chi connectivity index (χ3n) is 2.26. The number of ketones is 1. The van der Waals surface area contributed by atoms with E-state index in [4.69, 9.17) is 4.74 Å². The highest BCUT2D eigenvalue weighted by molar-refractivity contribution is 7.92. The van der Waals surface area contributed by atoms with Crippen LogP contribution in [0.25, 0.3) is 0 Å². The minimum Gasteiger partial charge on any atom is -0.494 e. The predicted octanol–water partition coefficient (Wildman–Crippen LogP) is 1.45. The first-order valence-electron chi connectivity index (χ1n) is 4.96. The topological polar surface area (TPSA) is 60.4 Å². The maximum Gasteiger partial charge on any atom is 0.177 e. The minimum absolute atomic E-state index is 0.0138. The number of hydrogen-bond acceptors (Lipinski definition) is 4. The highest BCUT2D eigenvalue weighted by Crippen LogP contribution is 2.18. The standard InChI is InChI=1S/C11H13FO4S/c1-3-17(14,15)7-10(13)8-4-5-11(16-2)9(12)6-8/h4-6H,3,7H2,1-2H3. The molecular formula is C11H13FO4S. The summed E-state index contributed by atoms with van der Waals surface area (Å²) >= 11 is 0. The molecule has 0 spiro atoms. The average Bonchev–Trinajstić information content (AvgIpc) is 2.28. The molecule has 0 bridgehead atoms. The van der Waals surface area contributed by atoms with Gasteiger partial charge in [0, 0.05) is 11.3 Å². The summed E-state index contributed by atoms with van der Waals surface area (Å²) in [5.74, 6) is -2.01. The zero-order valence-electron chi connectivity index (χ0n) is 9.57. The predicted molar refractivity (Wildman–Crippen MR) is 61.6 cm³/mol. The van der Waals surface area contributed by atoms with Crippen molar-refractivity contribution in [2.75, 3.05) is 18.6 Å². The number of ether oxygens (including phenoxy) is 1. The van der Waals surface area contributed by atoms with Gasteiger partial charge in [0.15, 0.2) is 27.2 Å². The number of halogens is 1. The molecule has 1 aromatic carbocycles. The molecule has 0 N–H and O–H groups in total. The Hall–Kier alpha value is -1.43. The summed E-state index contributed by atoms with van der Waals surface area (Å²) in [4.78, 5) is 11.6. The first-order chi connectivity index (χ1) is 7.89. The number of carbonyl (C=O) groups is 1. The van der Waals surface area contributed by atoms with E-state index >= 15 is 0 Å². The smallest absolute Gasteiger partial charge is 0.177 e. The van der Waals surface area contributed by atoms with Crippen LogP contribution in [-0.4, -0.2) is 32.8 Å². The van der Waals surface area contributed by atoms with E-state index in [1.165, 1.54) is 26.2 Å². The van der Waals surface area contributed by atoms with Crippen molar-refractivity contribution in [3.63, 3.8) is 0 Å². The van der Waals surface area contributed by atoms with Crippen LogP contribution in [0.15, 0.2) is 18.2 Å². The second-order valence-electron chi connectivity index (χ2n) is 3.45. The number of rotatable bonds is 5. The highest BCUT2D eigenvalue weighted by atomic mass is 32.2. The Morgan fingerprint density at radius 1 is 1.41 bits per heavy atom. The first kappa shape index (κ1) is 13.6. The van der Waals surface area contributed by atoms with E-state index in [-0.39, 0.29) is 17.1 Å². The van der Waals surface area contributed by atoms with Crippen molar-refractivity contribution in [3.8, 4) is 5.75 Å². The Labute approximate surface area is 99.3 Å². The van der Waals surface area contributed by atoms with Crippen molar-refractivity contribution in [2.45, 2.75) is 6.92 Å². The molecule has 0 aromatic heterocycles. The second-order valence-corrected chi connectivity index (χ2v) is 5.80. The molecular weight excluding hydrogens is 247 g/mol. The lowest BCUT2D eigenvalue weighted by atomic mass is 10.1. The fraction of sp³-hybridized carbons (Fsp3) is 0.364. The van der Waals surface area contributed by atoms with E-state index in [9.17, 15) is 17.6 Å². The Morgan fingerprint density at radius 2 is 2.06 bits per heavy atom. The van der Waals surface area contributed by atoms with E-state index in [1.54, 1.807) is 0 Å². The molecule has 0 amide bonds. The molecule has 0 atom stereocenters. The summed E-state index contributed by atoms with van der Waals surface area (Å²) in [6.07, 6.45) is 0. The van der Waals surface area contributed by atoms with Crippen LogP contribution < -0.4 is 4.74 Å². The van der Waals surface area contributed by atoms with Gasteiger partial charge in [0.2, 0.25) is 0 Å². The minimum atomic E-state index is -3.40. The fourth-order valence-corrected chi connectivity index (χ4v) is 2.00. The highest BCUT2D eigenvalue weighted by Gasteiger charge is 2.17. The van der Waals surface area contributed by atoms with Gasteiger partial charge in [-0.2, -0.15) is 0 Å². The molecule has 0 fully saturated rings. The Balaban J connectivity index is 2.95. The average molecular weight is 260 g/mol. The van der Waals surface area contributed by atoms with Gasteiger partial charge in [0.1, 0.15) is 5.75 Å². The second kappa shape index (κ2) is 5.27. The number of sulfone groups is 1. The van der Waals surface area contributed by atoms with E-state index < -0.39 is 27.2 Å². The van der Waals surface area contributed by atoms with E-state index in [0.717, 1.165) is 6.07 Å². The monoisotopic (exact) mass is 260 g/mol. The van der Waals surface area contributed by atoms with Gasteiger partial charge < -0.3 is 4.74 Å². The molecule has 0 saturated heterocycles. The van der Waals surface area contributed by atoms with E-state index in [1.807, 2.05) is 0 Å². The van der Waals surface area contributed by atoms with Crippen molar-refractivity contribution < 1.29 is 22.3 Å². The Kier molecular flexibility index (Phi) is 4.22. The molecule has 0 unspecified atom stereocenters. The van der Waals surface area contributed by atoms with Gasteiger partial charge in [-0.3, -0.25) is 4.79 Å². The van der Waals surface area contributed by atoms with Crippen LogP contribution in [0, 0.1) is 5.82 Å². The van der Waals surface area contributed by atoms with E-state index in [2.05, 4.69) is 0 Å². The van der Waals surface area contributed by atoms with Crippen LogP contribution in [0.5, 0.6) is 5.75 Å². The van der Waals surface area contributed by atoms with Crippen molar-refractivity contribution in [1.82, 2.24) is 0 Å². The maximum atomic E-state index is 13.3. The van der Waals surface area contributed by atoms with Gasteiger partial charge in [-0.25, -0.2) is 12.8 Å². The van der Waals surface area contributed by atoms with Gasteiger partial charge >= 0.3 is 0 Å². The third-order valence-corrected chi connectivity index (χ3v) is 3.85. The van der Waals surface area contributed by atoms with Crippen LogP contribution in [0.3, 0.4) is 0 Å². The number of methoxy groups -OCH3 is 1. The van der Waals surface area contributed by atoms with Crippen molar-refractivity contribution in [1.29, 1.82) is 0 Å². The molecule has 4 nitrogen and oxygen atoms in total. The molecule has 0 aliphatic carbocycles. The lowest BCUT2D eigenvalue weighted by molar-refractivity contribution is 0.102. The van der Waals surface area contributed by atoms with Gasteiger partial charge in [-0.05, 0) is 18.2 Å². The van der Waals surface area contributed by atoms with Crippen molar-refractivity contribution in [2.24, 2.45) is 0 Å². The molecule has 1 aromatic rings. The van der Waals surface area contributed by atoms with Gasteiger partial charge in [-0.1, -0.05) is 6.92 Å². The van der Waals surface area contributed by atoms with Gasteiger partial charge in [-0.15, -0.1) is 0 Å². The molecule has 0 radical (unpaired) electrons. The number of Topliss-reactive ketones (excluding diaryl/α,β-unsaturated/α-hetero) is 1. The first-order valence-corrected chi connectivity index (χ1v) is 6.79. The van der Waals surface area contributed by atoms with Crippen LogP contribution >= 0.6 is 0 Å².